The maximum Gasteiger partial charge on any atom is 0.141 e. The van der Waals surface area contributed by atoms with Gasteiger partial charge in [-0.25, -0.2) is 4.39 Å². The van der Waals surface area contributed by atoms with Crippen LogP contribution in [0.3, 0.4) is 0 Å². The van der Waals surface area contributed by atoms with Crippen LogP contribution in [0.5, 0.6) is 0 Å². The Morgan fingerprint density at radius 3 is 2.88 bits per heavy atom. The molecule has 0 bridgehead atoms. The Hall–Kier alpha value is -1.00. The summed E-state index contributed by atoms with van der Waals surface area (Å²) in [6.45, 7) is 6.11. The molecule has 1 aliphatic rings. The number of nitrogens with zero attached hydrogens (tertiary/aromatic N) is 2. The number of aromatic nitrogens is 1. The fourth-order valence-electron chi connectivity index (χ4n) is 1.99. The van der Waals surface area contributed by atoms with Crippen LogP contribution in [-0.4, -0.2) is 35.6 Å². The third-order valence-corrected chi connectivity index (χ3v) is 2.93. The molecular formula is C12H18FN3. The van der Waals surface area contributed by atoms with E-state index in [9.17, 15) is 4.39 Å². The van der Waals surface area contributed by atoms with Crippen molar-refractivity contribution in [3.63, 3.8) is 0 Å². The second-order valence-electron chi connectivity index (χ2n) is 4.29. The van der Waals surface area contributed by atoms with E-state index in [4.69, 9.17) is 0 Å². The molecule has 1 aromatic heterocycles. The van der Waals surface area contributed by atoms with Crippen LogP contribution in [0.2, 0.25) is 0 Å². The molecule has 0 spiro atoms. The van der Waals surface area contributed by atoms with Gasteiger partial charge < -0.3 is 5.32 Å². The molecule has 1 N–H and O–H groups in total. The summed E-state index contributed by atoms with van der Waals surface area (Å²) in [7, 11) is 0. The van der Waals surface area contributed by atoms with E-state index < -0.39 is 0 Å². The first-order valence-electron chi connectivity index (χ1n) is 5.83. The number of hydrogen-bond acceptors (Lipinski definition) is 3. The quantitative estimate of drug-likeness (QED) is 0.818. The normalized spacial score (nSPS) is 16.4. The number of halogens is 1. The molecule has 1 aromatic rings. The van der Waals surface area contributed by atoms with Gasteiger partial charge in [-0.05, 0) is 24.6 Å². The average Bonchev–Trinajstić information content (AvgIpc) is 2.15. The summed E-state index contributed by atoms with van der Waals surface area (Å²) in [6, 6.07) is 2.17. The Labute approximate surface area is 95.7 Å². The smallest absolute Gasteiger partial charge is 0.141 e. The minimum atomic E-state index is -0.249. The van der Waals surface area contributed by atoms with Gasteiger partial charge in [0.25, 0.3) is 0 Å². The molecule has 0 aromatic carbocycles. The van der Waals surface area contributed by atoms with Crippen LogP contribution in [0.1, 0.15) is 18.9 Å². The van der Waals surface area contributed by atoms with E-state index in [0.717, 1.165) is 38.2 Å². The predicted molar refractivity (Wildman–Crippen MR) is 61.6 cm³/mol. The largest absolute Gasteiger partial charge is 0.314 e. The van der Waals surface area contributed by atoms with Crippen LogP contribution in [0.25, 0.3) is 0 Å². The maximum atomic E-state index is 13.0. The average molecular weight is 223 g/mol. The van der Waals surface area contributed by atoms with Crippen molar-refractivity contribution in [3.05, 3.63) is 29.8 Å². The van der Waals surface area contributed by atoms with Crippen molar-refractivity contribution in [3.8, 4) is 0 Å². The number of nitrogens with one attached hydrogen (secondary N) is 1. The van der Waals surface area contributed by atoms with E-state index in [0.29, 0.717) is 6.04 Å². The molecule has 0 saturated carbocycles. The highest BCUT2D eigenvalue weighted by Crippen LogP contribution is 2.12. The molecule has 1 aliphatic heterocycles. The van der Waals surface area contributed by atoms with Crippen molar-refractivity contribution in [2.24, 2.45) is 0 Å². The summed E-state index contributed by atoms with van der Waals surface area (Å²) in [5.41, 5.74) is 0.959. The van der Waals surface area contributed by atoms with Gasteiger partial charge >= 0.3 is 0 Å². The van der Waals surface area contributed by atoms with Crippen molar-refractivity contribution in [2.75, 3.05) is 19.6 Å². The molecule has 4 heteroatoms. The topological polar surface area (TPSA) is 28.2 Å². The first kappa shape index (κ1) is 11.5. The first-order chi connectivity index (χ1) is 7.79. The number of rotatable bonds is 5. The minimum absolute atomic E-state index is 0.249. The van der Waals surface area contributed by atoms with Crippen molar-refractivity contribution in [2.45, 2.75) is 25.9 Å². The summed E-state index contributed by atoms with van der Waals surface area (Å²) >= 11 is 0. The predicted octanol–water partition coefficient (Wildman–Crippen LogP) is 1.40. The van der Waals surface area contributed by atoms with Crippen LogP contribution in [0.15, 0.2) is 18.5 Å². The zero-order valence-corrected chi connectivity index (χ0v) is 9.62. The molecule has 1 saturated heterocycles. The van der Waals surface area contributed by atoms with E-state index in [1.165, 1.54) is 6.20 Å². The highest BCUT2D eigenvalue weighted by Gasteiger charge is 2.23. The monoisotopic (exact) mass is 223 g/mol. The summed E-state index contributed by atoms with van der Waals surface area (Å²) < 4.78 is 13.0. The standard InChI is InChI=1S/C12H18FN3/c1-2-3-16(12-7-15-8-12)9-10-4-11(13)6-14-5-10/h4-6,12,15H,2-3,7-9H2,1H3. The van der Waals surface area contributed by atoms with Gasteiger partial charge in [-0.2, -0.15) is 0 Å². The molecule has 16 heavy (non-hydrogen) atoms. The molecule has 1 fully saturated rings. The van der Waals surface area contributed by atoms with Crippen molar-refractivity contribution < 1.29 is 4.39 Å². The fourth-order valence-corrected chi connectivity index (χ4v) is 1.99. The zero-order chi connectivity index (χ0) is 11.4. The summed E-state index contributed by atoms with van der Waals surface area (Å²) in [4.78, 5) is 6.28. The van der Waals surface area contributed by atoms with Crippen LogP contribution in [0.4, 0.5) is 4.39 Å². The van der Waals surface area contributed by atoms with Crippen LogP contribution < -0.4 is 5.32 Å². The van der Waals surface area contributed by atoms with Gasteiger partial charge in [-0.1, -0.05) is 6.92 Å². The maximum absolute atomic E-state index is 13.0. The highest BCUT2D eigenvalue weighted by atomic mass is 19.1. The second kappa shape index (κ2) is 5.37. The van der Waals surface area contributed by atoms with Crippen LogP contribution in [-0.2, 0) is 6.54 Å². The Morgan fingerprint density at radius 2 is 2.31 bits per heavy atom. The molecule has 0 aliphatic carbocycles. The highest BCUT2D eigenvalue weighted by molar-refractivity contribution is 5.10. The van der Waals surface area contributed by atoms with Gasteiger partial charge in [0.2, 0.25) is 0 Å². The Kier molecular flexibility index (Phi) is 3.85. The van der Waals surface area contributed by atoms with Gasteiger partial charge in [0.15, 0.2) is 0 Å². The Morgan fingerprint density at radius 1 is 1.50 bits per heavy atom. The van der Waals surface area contributed by atoms with E-state index in [1.807, 2.05) is 0 Å². The van der Waals surface area contributed by atoms with Crippen molar-refractivity contribution >= 4 is 0 Å². The lowest BCUT2D eigenvalue weighted by molar-refractivity contribution is 0.137. The van der Waals surface area contributed by atoms with Gasteiger partial charge in [0, 0.05) is 31.9 Å². The van der Waals surface area contributed by atoms with E-state index in [2.05, 4.69) is 22.1 Å². The molecule has 0 amide bonds. The lowest BCUT2D eigenvalue weighted by Crippen LogP contribution is -2.56. The Balaban J connectivity index is 1.98. The van der Waals surface area contributed by atoms with E-state index in [-0.39, 0.29) is 5.82 Å². The molecule has 88 valence electrons. The van der Waals surface area contributed by atoms with Gasteiger partial charge in [-0.15, -0.1) is 0 Å². The van der Waals surface area contributed by atoms with Gasteiger partial charge in [-0.3, -0.25) is 9.88 Å². The number of pyridine rings is 1. The first-order valence-corrected chi connectivity index (χ1v) is 5.83. The van der Waals surface area contributed by atoms with Crippen molar-refractivity contribution in [1.82, 2.24) is 15.2 Å². The molecule has 3 nitrogen and oxygen atoms in total. The molecule has 0 radical (unpaired) electrons. The van der Waals surface area contributed by atoms with Crippen LogP contribution >= 0.6 is 0 Å². The number of hydrogen-bond donors (Lipinski definition) is 1. The van der Waals surface area contributed by atoms with E-state index in [1.54, 1.807) is 12.3 Å². The fraction of sp³-hybridized carbons (Fsp3) is 0.583. The minimum Gasteiger partial charge on any atom is -0.314 e. The summed E-state index contributed by atoms with van der Waals surface area (Å²) in [5, 5.41) is 3.27. The molecule has 0 unspecified atom stereocenters. The van der Waals surface area contributed by atoms with E-state index >= 15 is 0 Å². The van der Waals surface area contributed by atoms with Crippen LogP contribution in [0, 0.1) is 5.82 Å². The van der Waals surface area contributed by atoms with Gasteiger partial charge in [0.05, 0.1) is 6.20 Å². The molecular weight excluding hydrogens is 205 g/mol. The second-order valence-corrected chi connectivity index (χ2v) is 4.29. The summed E-state index contributed by atoms with van der Waals surface area (Å²) in [6.07, 6.45) is 4.12. The summed E-state index contributed by atoms with van der Waals surface area (Å²) in [5.74, 6) is -0.249. The van der Waals surface area contributed by atoms with Crippen molar-refractivity contribution in [1.29, 1.82) is 0 Å². The molecule has 0 atom stereocenters. The lowest BCUT2D eigenvalue weighted by atomic mass is 10.1. The third-order valence-electron chi connectivity index (χ3n) is 2.93. The molecule has 2 rings (SSSR count). The zero-order valence-electron chi connectivity index (χ0n) is 9.62. The molecule has 2 heterocycles. The Bertz CT molecular complexity index is 339. The SMILES string of the molecule is CCCN(Cc1cncc(F)c1)C1CNC1. The third kappa shape index (κ3) is 2.77. The van der Waals surface area contributed by atoms with Gasteiger partial charge in [0.1, 0.15) is 5.82 Å². The lowest BCUT2D eigenvalue weighted by Gasteiger charge is -2.38.